The molecule has 1 fully saturated rings. The monoisotopic (exact) mass is 474 g/mol. The van der Waals surface area contributed by atoms with Crippen LogP contribution in [0.15, 0.2) is 48.5 Å². The number of halogens is 6. The molecule has 2 aromatic rings. The van der Waals surface area contributed by atoms with Crippen LogP contribution in [0.2, 0.25) is 0 Å². The summed E-state index contributed by atoms with van der Waals surface area (Å²) in [6.45, 7) is 1.38. The van der Waals surface area contributed by atoms with Gasteiger partial charge < -0.3 is 15.8 Å². The number of hydrogen-bond donors (Lipinski definition) is 2. The highest BCUT2D eigenvalue weighted by Crippen LogP contribution is 2.41. The number of benzene rings is 2. The first-order chi connectivity index (χ1) is 15.4. The number of alkyl halides is 6. The summed E-state index contributed by atoms with van der Waals surface area (Å²) in [6, 6.07) is 10.5. The molecule has 10 heteroatoms. The van der Waals surface area contributed by atoms with Crippen LogP contribution in [0.4, 0.5) is 26.3 Å². The Morgan fingerprint density at radius 3 is 2.12 bits per heavy atom. The molecule has 0 aliphatic heterocycles. The van der Waals surface area contributed by atoms with Crippen molar-refractivity contribution in [3.63, 3.8) is 0 Å². The number of carbonyl (C=O) groups is 1. The first-order valence-electron chi connectivity index (χ1n) is 10.4. The average Bonchev–Trinajstić information content (AvgIpc) is 3.13. The van der Waals surface area contributed by atoms with Crippen molar-refractivity contribution < 1.29 is 35.9 Å². The summed E-state index contributed by atoms with van der Waals surface area (Å²) in [4.78, 5) is 11.2. The van der Waals surface area contributed by atoms with Crippen molar-refractivity contribution in [1.29, 1.82) is 0 Å². The van der Waals surface area contributed by atoms with Crippen LogP contribution in [0.25, 0.3) is 0 Å². The Hall–Kier alpha value is -2.59. The molecule has 1 aliphatic rings. The summed E-state index contributed by atoms with van der Waals surface area (Å²) in [7, 11) is 0. The fourth-order valence-corrected chi connectivity index (χ4v) is 4.25. The first-order valence-corrected chi connectivity index (χ1v) is 10.4. The SMILES string of the molecule is C[C@H](O[C@@H]1CC[C@H](NCC(N)=O)[C@H]1c1ccccc1)c1cc(C(F)(F)F)cc(C(F)(F)F)c1. The lowest BCUT2D eigenvalue weighted by Crippen LogP contribution is -2.39. The maximum atomic E-state index is 13.2. The van der Waals surface area contributed by atoms with Gasteiger partial charge in [0.15, 0.2) is 0 Å². The second kappa shape index (κ2) is 9.72. The largest absolute Gasteiger partial charge is 0.416 e. The number of nitrogens with one attached hydrogen (secondary N) is 1. The van der Waals surface area contributed by atoms with Gasteiger partial charge in [-0.05, 0) is 49.1 Å². The van der Waals surface area contributed by atoms with Gasteiger partial charge in [-0.25, -0.2) is 0 Å². The van der Waals surface area contributed by atoms with Crippen LogP contribution in [0, 0.1) is 0 Å². The lowest BCUT2D eigenvalue weighted by Gasteiger charge is -2.29. The van der Waals surface area contributed by atoms with E-state index in [0.717, 1.165) is 5.56 Å². The Balaban J connectivity index is 1.89. The summed E-state index contributed by atoms with van der Waals surface area (Å²) in [5.41, 5.74) is 3.14. The molecule has 0 unspecified atom stereocenters. The second-order valence-electron chi connectivity index (χ2n) is 8.12. The molecule has 4 atom stereocenters. The molecular formula is C23H24F6N2O2. The fourth-order valence-electron chi connectivity index (χ4n) is 4.25. The van der Waals surface area contributed by atoms with Crippen molar-refractivity contribution in [3.05, 3.63) is 70.8 Å². The van der Waals surface area contributed by atoms with E-state index < -0.39 is 41.6 Å². The lowest BCUT2D eigenvalue weighted by molar-refractivity contribution is -0.143. The summed E-state index contributed by atoms with van der Waals surface area (Å²) < 4.78 is 85.5. The van der Waals surface area contributed by atoms with Crippen molar-refractivity contribution in [2.24, 2.45) is 5.73 Å². The van der Waals surface area contributed by atoms with Crippen LogP contribution in [0.1, 0.15) is 54.0 Å². The number of nitrogens with two attached hydrogens (primary N) is 1. The Morgan fingerprint density at radius 1 is 1.03 bits per heavy atom. The van der Waals surface area contributed by atoms with E-state index in [9.17, 15) is 31.1 Å². The van der Waals surface area contributed by atoms with Crippen LogP contribution in [0.3, 0.4) is 0 Å². The molecule has 1 amide bonds. The van der Waals surface area contributed by atoms with Crippen LogP contribution in [-0.4, -0.2) is 24.6 Å². The summed E-state index contributed by atoms with van der Waals surface area (Å²) >= 11 is 0. The average molecular weight is 474 g/mol. The van der Waals surface area contributed by atoms with Gasteiger partial charge in [0.2, 0.25) is 5.91 Å². The smallest absolute Gasteiger partial charge is 0.370 e. The molecular weight excluding hydrogens is 450 g/mol. The topological polar surface area (TPSA) is 64.3 Å². The molecule has 0 bridgehead atoms. The summed E-state index contributed by atoms with van der Waals surface area (Å²) in [5.74, 6) is -0.802. The lowest BCUT2D eigenvalue weighted by atomic mass is 9.92. The Labute approximate surface area is 187 Å². The zero-order chi connectivity index (χ0) is 24.4. The minimum absolute atomic E-state index is 0.0567. The van der Waals surface area contributed by atoms with Crippen molar-refractivity contribution in [2.45, 2.75) is 56.3 Å². The summed E-state index contributed by atoms with van der Waals surface area (Å²) in [5, 5.41) is 3.08. The second-order valence-corrected chi connectivity index (χ2v) is 8.12. The van der Waals surface area contributed by atoms with E-state index in [4.69, 9.17) is 10.5 Å². The number of amides is 1. The third-order valence-electron chi connectivity index (χ3n) is 5.78. The molecule has 33 heavy (non-hydrogen) atoms. The van der Waals surface area contributed by atoms with Gasteiger partial charge in [-0.15, -0.1) is 0 Å². The number of carbonyl (C=O) groups excluding carboxylic acids is 1. The van der Waals surface area contributed by atoms with E-state index >= 15 is 0 Å². The molecule has 3 rings (SSSR count). The highest BCUT2D eigenvalue weighted by molar-refractivity contribution is 5.75. The van der Waals surface area contributed by atoms with Gasteiger partial charge in [0.05, 0.1) is 29.9 Å². The predicted octanol–water partition coefficient (Wildman–Crippen LogP) is 5.19. The Morgan fingerprint density at radius 2 is 1.61 bits per heavy atom. The molecule has 180 valence electrons. The van der Waals surface area contributed by atoms with Gasteiger partial charge in [0.1, 0.15) is 0 Å². The van der Waals surface area contributed by atoms with Crippen LogP contribution >= 0.6 is 0 Å². The van der Waals surface area contributed by atoms with Crippen molar-refractivity contribution in [1.82, 2.24) is 5.32 Å². The molecule has 0 radical (unpaired) electrons. The molecule has 2 aromatic carbocycles. The van der Waals surface area contributed by atoms with E-state index in [1.165, 1.54) is 6.92 Å². The Kier molecular flexibility index (Phi) is 7.38. The number of rotatable bonds is 7. The third kappa shape index (κ3) is 6.26. The van der Waals surface area contributed by atoms with E-state index in [1.54, 1.807) is 0 Å². The number of hydrogen-bond acceptors (Lipinski definition) is 3. The zero-order valence-electron chi connectivity index (χ0n) is 17.7. The van der Waals surface area contributed by atoms with Crippen molar-refractivity contribution in [3.8, 4) is 0 Å². The third-order valence-corrected chi connectivity index (χ3v) is 5.78. The van der Waals surface area contributed by atoms with Gasteiger partial charge in [-0.2, -0.15) is 26.3 Å². The normalized spacial score (nSPS) is 22.3. The maximum absolute atomic E-state index is 13.2. The van der Waals surface area contributed by atoms with Gasteiger partial charge >= 0.3 is 12.4 Å². The molecule has 4 nitrogen and oxygen atoms in total. The van der Waals surface area contributed by atoms with Crippen LogP contribution < -0.4 is 11.1 Å². The first kappa shape index (κ1) is 25.0. The minimum Gasteiger partial charge on any atom is -0.370 e. The van der Waals surface area contributed by atoms with Gasteiger partial charge in [-0.3, -0.25) is 4.79 Å². The maximum Gasteiger partial charge on any atom is 0.416 e. The molecule has 1 saturated carbocycles. The molecule has 0 saturated heterocycles. The quantitative estimate of drug-likeness (QED) is 0.543. The predicted molar refractivity (Wildman–Crippen MR) is 109 cm³/mol. The zero-order valence-corrected chi connectivity index (χ0v) is 17.7. The van der Waals surface area contributed by atoms with Crippen LogP contribution in [-0.2, 0) is 21.9 Å². The van der Waals surface area contributed by atoms with E-state index in [2.05, 4.69) is 5.32 Å². The molecule has 1 aliphatic carbocycles. The van der Waals surface area contributed by atoms with Gasteiger partial charge in [-0.1, -0.05) is 30.3 Å². The highest BCUT2D eigenvalue weighted by Gasteiger charge is 2.40. The molecule has 3 N–H and O–H groups in total. The molecule has 0 spiro atoms. The van der Waals surface area contributed by atoms with E-state index in [1.807, 2.05) is 30.3 Å². The fraction of sp³-hybridized carbons (Fsp3) is 0.435. The van der Waals surface area contributed by atoms with Crippen LogP contribution in [0.5, 0.6) is 0 Å². The highest BCUT2D eigenvalue weighted by atomic mass is 19.4. The van der Waals surface area contributed by atoms with Crippen molar-refractivity contribution >= 4 is 5.91 Å². The number of primary amides is 1. The minimum atomic E-state index is -4.93. The van der Waals surface area contributed by atoms with Crippen molar-refractivity contribution in [2.75, 3.05) is 6.54 Å². The number of ether oxygens (including phenoxy) is 1. The van der Waals surface area contributed by atoms with Gasteiger partial charge in [0.25, 0.3) is 0 Å². The summed E-state index contributed by atoms with van der Waals surface area (Å²) in [6.07, 6.45) is -10.3. The van der Waals surface area contributed by atoms with E-state index in [-0.39, 0.29) is 30.1 Å². The van der Waals surface area contributed by atoms with E-state index in [0.29, 0.717) is 25.0 Å². The standard InChI is InChI=1S/C23H24F6N2O2/c1-13(15-9-16(22(24,25)26)11-17(10-15)23(27,28)29)33-19-8-7-18(31-12-20(30)32)21(19)14-5-3-2-4-6-14/h2-6,9-11,13,18-19,21,31H,7-8,12H2,1H3,(H2,30,32)/t13-,18-,19+,21+/m0/s1. The van der Waals surface area contributed by atoms with Gasteiger partial charge in [0, 0.05) is 12.0 Å². The Bertz CT molecular complexity index is 929. The molecule has 0 heterocycles. The molecule has 0 aromatic heterocycles.